The standard InChI is InChI=1S/C14H16O4/c1-3-5-13(16)14(17)11-6-4-7-12(8-11)18-9-10(2)15/h4-8,10,13,15-16H,1,9H2,2H3. The van der Waals surface area contributed by atoms with Crippen LogP contribution in [0.3, 0.4) is 0 Å². The van der Waals surface area contributed by atoms with Gasteiger partial charge < -0.3 is 14.9 Å². The second-order valence-electron chi connectivity index (χ2n) is 3.87. The normalized spacial score (nSPS) is 13.3. The third-order valence-corrected chi connectivity index (χ3v) is 2.15. The Kier molecular flexibility index (Phi) is 5.33. The molecule has 0 amide bonds. The molecule has 1 rings (SSSR count). The topological polar surface area (TPSA) is 66.8 Å². The Hall–Kier alpha value is -1.87. The quantitative estimate of drug-likeness (QED) is 0.588. The zero-order chi connectivity index (χ0) is 13.5. The van der Waals surface area contributed by atoms with Gasteiger partial charge in [0.1, 0.15) is 18.5 Å². The second-order valence-corrected chi connectivity index (χ2v) is 3.87. The van der Waals surface area contributed by atoms with E-state index in [-0.39, 0.29) is 6.61 Å². The van der Waals surface area contributed by atoms with E-state index in [1.54, 1.807) is 25.1 Å². The number of carbonyl (C=O) groups excluding carboxylic acids is 1. The predicted molar refractivity (Wildman–Crippen MR) is 67.7 cm³/mol. The van der Waals surface area contributed by atoms with E-state index in [0.29, 0.717) is 11.3 Å². The molecule has 0 bridgehead atoms. The first-order valence-corrected chi connectivity index (χ1v) is 5.53. The van der Waals surface area contributed by atoms with Crippen LogP contribution in [0, 0.1) is 0 Å². The number of aliphatic hydroxyl groups is 2. The highest BCUT2D eigenvalue weighted by Gasteiger charge is 2.14. The van der Waals surface area contributed by atoms with Crippen molar-refractivity contribution < 1.29 is 19.7 Å². The van der Waals surface area contributed by atoms with Crippen LogP contribution >= 0.6 is 0 Å². The monoisotopic (exact) mass is 248 g/mol. The van der Waals surface area contributed by atoms with Gasteiger partial charge in [-0.05, 0) is 25.1 Å². The van der Waals surface area contributed by atoms with Crippen LogP contribution in [-0.2, 0) is 0 Å². The van der Waals surface area contributed by atoms with Gasteiger partial charge in [-0.3, -0.25) is 4.79 Å². The van der Waals surface area contributed by atoms with Gasteiger partial charge in [0, 0.05) is 5.56 Å². The highest BCUT2D eigenvalue weighted by molar-refractivity contribution is 6.00. The molecule has 0 aromatic heterocycles. The fraction of sp³-hybridized carbons (Fsp3) is 0.286. The first-order valence-electron chi connectivity index (χ1n) is 5.53. The lowest BCUT2D eigenvalue weighted by atomic mass is 10.1. The van der Waals surface area contributed by atoms with Gasteiger partial charge in [-0.1, -0.05) is 18.7 Å². The molecule has 18 heavy (non-hydrogen) atoms. The number of carbonyl (C=O) groups is 1. The van der Waals surface area contributed by atoms with Crippen LogP contribution in [0.4, 0.5) is 0 Å². The number of hydrogen-bond donors (Lipinski definition) is 2. The number of aliphatic hydroxyl groups excluding tert-OH is 2. The van der Waals surface area contributed by atoms with E-state index >= 15 is 0 Å². The molecule has 1 aromatic rings. The predicted octanol–water partition coefficient (Wildman–Crippen LogP) is 1.33. The van der Waals surface area contributed by atoms with Gasteiger partial charge >= 0.3 is 0 Å². The van der Waals surface area contributed by atoms with Gasteiger partial charge in [0.15, 0.2) is 5.78 Å². The zero-order valence-electron chi connectivity index (χ0n) is 10.2. The van der Waals surface area contributed by atoms with E-state index in [4.69, 9.17) is 9.84 Å². The van der Waals surface area contributed by atoms with Gasteiger partial charge in [0.25, 0.3) is 0 Å². The number of Topliss-reactive ketones (excluding diaryl/α,β-unsaturated/α-hetero) is 1. The Morgan fingerprint density at radius 1 is 1.56 bits per heavy atom. The molecular weight excluding hydrogens is 232 g/mol. The Balaban J connectivity index is 2.81. The van der Waals surface area contributed by atoms with Crippen molar-refractivity contribution in [1.29, 1.82) is 0 Å². The van der Waals surface area contributed by atoms with Crippen LogP contribution in [0.25, 0.3) is 0 Å². The number of hydrogen-bond acceptors (Lipinski definition) is 4. The lowest BCUT2D eigenvalue weighted by Gasteiger charge is -2.10. The van der Waals surface area contributed by atoms with Crippen LogP contribution < -0.4 is 4.74 Å². The molecule has 2 atom stereocenters. The first-order chi connectivity index (χ1) is 8.54. The molecule has 0 saturated carbocycles. The summed E-state index contributed by atoms with van der Waals surface area (Å²) in [4.78, 5) is 11.8. The van der Waals surface area contributed by atoms with Crippen LogP contribution in [0.15, 0.2) is 42.7 Å². The summed E-state index contributed by atoms with van der Waals surface area (Å²) in [6, 6.07) is 6.42. The number of ether oxygens (including phenoxy) is 1. The highest BCUT2D eigenvalue weighted by atomic mass is 16.5. The lowest BCUT2D eigenvalue weighted by molar-refractivity contribution is 0.0820. The fourth-order valence-corrected chi connectivity index (χ4v) is 1.31. The smallest absolute Gasteiger partial charge is 0.195 e. The van der Waals surface area contributed by atoms with E-state index in [9.17, 15) is 9.90 Å². The molecule has 0 fully saturated rings. The van der Waals surface area contributed by atoms with E-state index in [2.05, 4.69) is 12.3 Å². The first kappa shape index (κ1) is 14.2. The van der Waals surface area contributed by atoms with Crippen LogP contribution in [0.1, 0.15) is 17.3 Å². The zero-order valence-corrected chi connectivity index (χ0v) is 10.2. The highest BCUT2D eigenvalue weighted by Crippen LogP contribution is 2.15. The minimum atomic E-state index is -1.26. The van der Waals surface area contributed by atoms with Gasteiger partial charge in [-0.15, -0.1) is 5.73 Å². The summed E-state index contributed by atoms with van der Waals surface area (Å²) < 4.78 is 5.28. The van der Waals surface area contributed by atoms with E-state index in [1.165, 1.54) is 12.1 Å². The minimum Gasteiger partial charge on any atom is -0.491 e. The summed E-state index contributed by atoms with van der Waals surface area (Å²) >= 11 is 0. The molecule has 1 aromatic carbocycles. The second kappa shape index (κ2) is 6.77. The Morgan fingerprint density at radius 3 is 2.89 bits per heavy atom. The molecule has 0 aliphatic carbocycles. The van der Waals surface area contributed by atoms with E-state index in [1.807, 2.05) is 0 Å². The molecule has 0 heterocycles. The maximum absolute atomic E-state index is 11.8. The maximum atomic E-state index is 11.8. The summed E-state index contributed by atoms with van der Waals surface area (Å²) in [6.07, 6.45) is -0.653. The maximum Gasteiger partial charge on any atom is 0.195 e. The van der Waals surface area contributed by atoms with Crippen LogP contribution in [-0.4, -0.2) is 34.8 Å². The number of ketones is 1. The van der Waals surface area contributed by atoms with E-state index in [0.717, 1.165) is 0 Å². The summed E-state index contributed by atoms with van der Waals surface area (Å²) in [5.41, 5.74) is 2.69. The molecule has 96 valence electrons. The number of rotatable bonds is 6. The van der Waals surface area contributed by atoms with Crippen molar-refractivity contribution in [1.82, 2.24) is 0 Å². The molecular formula is C14H16O4. The molecule has 0 aliphatic heterocycles. The van der Waals surface area contributed by atoms with Gasteiger partial charge in [-0.25, -0.2) is 0 Å². The summed E-state index contributed by atoms with van der Waals surface area (Å²) in [5, 5.41) is 18.6. The SMILES string of the molecule is C=C=CC(O)C(=O)c1cccc(OCC(C)O)c1. The molecule has 2 N–H and O–H groups in total. The number of benzene rings is 1. The molecule has 4 nitrogen and oxygen atoms in total. The minimum absolute atomic E-state index is 0.146. The van der Waals surface area contributed by atoms with Crippen molar-refractivity contribution in [3.05, 3.63) is 48.2 Å². The summed E-state index contributed by atoms with van der Waals surface area (Å²) in [6.45, 7) is 5.05. The van der Waals surface area contributed by atoms with Crippen molar-refractivity contribution in [2.24, 2.45) is 0 Å². The molecule has 0 spiro atoms. The Labute approximate surface area is 106 Å². The summed E-state index contributed by atoms with van der Waals surface area (Å²) in [7, 11) is 0. The summed E-state index contributed by atoms with van der Waals surface area (Å²) in [5.74, 6) is 0.0187. The Morgan fingerprint density at radius 2 is 2.28 bits per heavy atom. The van der Waals surface area contributed by atoms with Crippen molar-refractivity contribution in [3.8, 4) is 5.75 Å². The fourth-order valence-electron chi connectivity index (χ4n) is 1.31. The molecule has 2 unspecified atom stereocenters. The lowest BCUT2D eigenvalue weighted by Crippen LogP contribution is -2.18. The van der Waals surface area contributed by atoms with Crippen molar-refractivity contribution >= 4 is 5.78 Å². The molecule has 0 aliphatic rings. The van der Waals surface area contributed by atoms with Gasteiger partial charge in [0.05, 0.1) is 6.10 Å². The van der Waals surface area contributed by atoms with Crippen molar-refractivity contribution in [3.63, 3.8) is 0 Å². The molecule has 0 radical (unpaired) electrons. The largest absolute Gasteiger partial charge is 0.491 e. The average Bonchev–Trinajstić information content (AvgIpc) is 2.36. The van der Waals surface area contributed by atoms with Crippen LogP contribution in [0.5, 0.6) is 5.75 Å². The van der Waals surface area contributed by atoms with Gasteiger partial charge in [0.2, 0.25) is 0 Å². The molecule has 0 saturated heterocycles. The van der Waals surface area contributed by atoms with Crippen molar-refractivity contribution in [2.75, 3.05) is 6.61 Å². The van der Waals surface area contributed by atoms with Crippen LogP contribution in [0.2, 0.25) is 0 Å². The molecule has 4 heteroatoms. The third-order valence-electron chi connectivity index (χ3n) is 2.15. The van der Waals surface area contributed by atoms with Gasteiger partial charge in [-0.2, -0.15) is 0 Å². The third kappa shape index (κ3) is 4.18. The van der Waals surface area contributed by atoms with Crippen molar-refractivity contribution in [2.45, 2.75) is 19.1 Å². The van der Waals surface area contributed by atoms with E-state index < -0.39 is 18.0 Å². The average molecular weight is 248 g/mol. The Bertz CT molecular complexity index is 459.